The number of halogens is 1. The monoisotopic (exact) mass is 317 g/mol. The minimum atomic E-state index is 0.262. The molecule has 0 amide bonds. The van der Waals surface area contributed by atoms with Gasteiger partial charge in [0.25, 0.3) is 0 Å². The minimum absolute atomic E-state index is 0.262. The molecule has 0 atom stereocenters. The summed E-state index contributed by atoms with van der Waals surface area (Å²) in [6.45, 7) is 2.59. The number of hydrogen-bond donors (Lipinski definition) is 0. The Labute approximate surface area is 131 Å². The van der Waals surface area contributed by atoms with Crippen LogP contribution >= 0.6 is 23.1 Å². The van der Waals surface area contributed by atoms with E-state index in [4.69, 9.17) is 16.0 Å². The van der Waals surface area contributed by atoms with Crippen molar-refractivity contribution in [3.63, 3.8) is 0 Å². The van der Waals surface area contributed by atoms with E-state index in [1.807, 2.05) is 43.1 Å². The van der Waals surface area contributed by atoms with Crippen LogP contribution in [0.5, 0.6) is 0 Å². The molecule has 0 saturated heterocycles. The van der Waals surface area contributed by atoms with Gasteiger partial charge in [-0.3, -0.25) is 0 Å². The standard InChI is InChI=1S/C15H12ClN3OS/c1-9-12(10-5-3-4-6-13(10)20-9)8-19(2)15-11(7-17)14(16)18-21-15/h3-6H,8H2,1-2H3. The van der Waals surface area contributed by atoms with Crippen LogP contribution in [0.3, 0.4) is 0 Å². The third kappa shape index (κ3) is 2.37. The van der Waals surface area contributed by atoms with Crippen LogP contribution in [-0.4, -0.2) is 11.4 Å². The second-order valence-electron chi connectivity index (χ2n) is 4.75. The fourth-order valence-electron chi connectivity index (χ4n) is 2.34. The van der Waals surface area contributed by atoms with Gasteiger partial charge in [-0.05, 0) is 24.5 Å². The molecule has 0 unspecified atom stereocenters. The van der Waals surface area contributed by atoms with E-state index in [2.05, 4.69) is 10.4 Å². The first-order valence-electron chi connectivity index (χ1n) is 6.35. The lowest BCUT2D eigenvalue weighted by Crippen LogP contribution is -2.16. The molecule has 3 rings (SSSR count). The molecule has 3 aromatic rings. The Morgan fingerprint density at radius 1 is 1.43 bits per heavy atom. The summed E-state index contributed by atoms with van der Waals surface area (Å²) in [5.74, 6) is 0.886. The van der Waals surface area contributed by atoms with E-state index < -0.39 is 0 Å². The maximum Gasteiger partial charge on any atom is 0.162 e. The summed E-state index contributed by atoms with van der Waals surface area (Å²) in [4.78, 5) is 1.98. The summed E-state index contributed by atoms with van der Waals surface area (Å²) in [5, 5.41) is 11.3. The van der Waals surface area contributed by atoms with Gasteiger partial charge in [0.1, 0.15) is 28.0 Å². The van der Waals surface area contributed by atoms with Crippen molar-refractivity contribution in [1.82, 2.24) is 4.37 Å². The van der Waals surface area contributed by atoms with Crippen LogP contribution in [0, 0.1) is 18.3 Å². The molecule has 0 bridgehead atoms. The van der Waals surface area contributed by atoms with Gasteiger partial charge >= 0.3 is 0 Å². The second kappa shape index (κ2) is 5.40. The molecule has 0 saturated carbocycles. The average Bonchev–Trinajstić information content (AvgIpc) is 3.00. The summed E-state index contributed by atoms with van der Waals surface area (Å²) in [6.07, 6.45) is 0. The summed E-state index contributed by atoms with van der Waals surface area (Å²) in [5.41, 5.74) is 2.41. The van der Waals surface area contributed by atoms with Crippen LogP contribution in [0.25, 0.3) is 11.0 Å². The zero-order valence-electron chi connectivity index (χ0n) is 11.6. The molecule has 0 radical (unpaired) electrons. The van der Waals surface area contributed by atoms with E-state index in [9.17, 15) is 5.26 Å². The number of rotatable bonds is 3. The maximum atomic E-state index is 9.18. The lowest BCUT2D eigenvalue weighted by molar-refractivity contribution is 0.571. The largest absolute Gasteiger partial charge is 0.461 e. The van der Waals surface area contributed by atoms with E-state index in [-0.39, 0.29) is 5.15 Å². The van der Waals surface area contributed by atoms with Gasteiger partial charge in [-0.15, -0.1) is 0 Å². The fraction of sp³-hybridized carbons (Fsp3) is 0.200. The van der Waals surface area contributed by atoms with Crippen molar-refractivity contribution in [3.8, 4) is 6.07 Å². The van der Waals surface area contributed by atoms with Crippen LogP contribution in [0.15, 0.2) is 28.7 Å². The zero-order chi connectivity index (χ0) is 15.0. The molecule has 21 heavy (non-hydrogen) atoms. The lowest BCUT2D eigenvalue weighted by Gasteiger charge is -2.16. The van der Waals surface area contributed by atoms with E-state index >= 15 is 0 Å². The predicted octanol–water partition coefficient (Wildman–Crippen LogP) is 4.36. The Morgan fingerprint density at radius 3 is 2.95 bits per heavy atom. The number of furan rings is 1. The van der Waals surface area contributed by atoms with Gasteiger partial charge in [0, 0.05) is 24.5 Å². The number of benzene rings is 1. The summed E-state index contributed by atoms with van der Waals surface area (Å²) >= 11 is 7.16. The van der Waals surface area contributed by atoms with Crippen LogP contribution in [0.4, 0.5) is 5.00 Å². The number of anilines is 1. The fourth-order valence-corrected chi connectivity index (χ4v) is 3.33. The summed E-state index contributed by atoms with van der Waals surface area (Å²) in [7, 11) is 1.92. The van der Waals surface area contributed by atoms with Crippen molar-refractivity contribution in [2.24, 2.45) is 0 Å². The molecule has 6 heteroatoms. The molecule has 4 nitrogen and oxygen atoms in total. The van der Waals surface area contributed by atoms with E-state index in [1.165, 1.54) is 11.5 Å². The molecule has 0 aliphatic heterocycles. The Morgan fingerprint density at radius 2 is 2.19 bits per heavy atom. The van der Waals surface area contributed by atoms with E-state index in [0.717, 1.165) is 27.3 Å². The molecular weight excluding hydrogens is 306 g/mol. The minimum Gasteiger partial charge on any atom is -0.461 e. The SMILES string of the molecule is Cc1oc2ccccc2c1CN(C)c1snc(Cl)c1C#N. The first-order chi connectivity index (χ1) is 10.1. The van der Waals surface area contributed by atoms with Crippen molar-refractivity contribution in [2.45, 2.75) is 13.5 Å². The van der Waals surface area contributed by atoms with Crippen molar-refractivity contribution < 1.29 is 4.42 Å². The maximum absolute atomic E-state index is 9.18. The molecule has 0 N–H and O–H groups in total. The molecule has 0 fully saturated rings. The van der Waals surface area contributed by atoms with Crippen molar-refractivity contribution >= 4 is 39.1 Å². The van der Waals surface area contributed by atoms with Gasteiger partial charge in [0.2, 0.25) is 0 Å². The van der Waals surface area contributed by atoms with Crippen LogP contribution in [0.1, 0.15) is 16.9 Å². The van der Waals surface area contributed by atoms with Gasteiger partial charge in [-0.1, -0.05) is 29.8 Å². The molecule has 2 heterocycles. The number of aromatic nitrogens is 1. The van der Waals surface area contributed by atoms with E-state index in [0.29, 0.717) is 12.1 Å². The van der Waals surface area contributed by atoms with Crippen LogP contribution < -0.4 is 4.90 Å². The van der Waals surface area contributed by atoms with Crippen LogP contribution in [0.2, 0.25) is 5.15 Å². The summed E-state index contributed by atoms with van der Waals surface area (Å²) < 4.78 is 9.81. The molecule has 0 aliphatic rings. The number of para-hydroxylation sites is 1. The average molecular weight is 318 g/mol. The molecular formula is C15H12ClN3OS. The lowest BCUT2D eigenvalue weighted by atomic mass is 10.1. The van der Waals surface area contributed by atoms with Gasteiger partial charge < -0.3 is 9.32 Å². The van der Waals surface area contributed by atoms with Gasteiger partial charge in [0.05, 0.1) is 0 Å². The highest BCUT2D eigenvalue weighted by atomic mass is 35.5. The highest BCUT2D eigenvalue weighted by molar-refractivity contribution is 7.10. The van der Waals surface area contributed by atoms with Crippen molar-refractivity contribution in [1.29, 1.82) is 5.26 Å². The number of nitrogens with zero attached hydrogens (tertiary/aromatic N) is 3. The third-order valence-corrected chi connectivity index (χ3v) is 4.72. The normalized spacial score (nSPS) is 10.8. The Balaban J connectivity index is 1.99. The Bertz CT molecular complexity index is 846. The molecule has 2 aromatic heterocycles. The zero-order valence-corrected chi connectivity index (χ0v) is 13.1. The smallest absolute Gasteiger partial charge is 0.162 e. The van der Waals surface area contributed by atoms with Gasteiger partial charge in [0.15, 0.2) is 5.15 Å². The Hall–Kier alpha value is -2.03. The quantitative estimate of drug-likeness (QED) is 0.720. The Kier molecular flexibility index (Phi) is 3.58. The third-order valence-electron chi connectivity index (χ3n) is 3.39. The number of fused-ring (bicyclic) bond motifs is 1. The topological polar surface area (TPSA) is 53.1 Å². The predicted molar refractivity (Wildman–Crippen MR) is 84.9 cm³/mol. The first-order valence-corrected chi connectivity index (χ1v) is 7.50. The van der Waals surface area contributed by atoms with Gasteiger partial charge in [-0.25, -0.2) is 0 Å². The van der Waals surface area contributed by atoms with Crippen molar-refractivity contribution in [2.75, 3.05) is 11.9 Å². The highest BCUT2D eigenvalue weighted by Crippen LogP contribution is 2.33. The molecule has 0 spiro atoms. The van der Waals surface area contributed by atoms with Crippen LogP contribution in [-0.2, 0) is 6.54 Å². The number of hydrogen-bond acceptors (Lipinski definition) is 5. The number of nitriles is 1. The van der Waals surface area contributed by atoms with E-state index in [1.54, 1.807) is 0 Å². The first kappa shape index (κ1) is 13.9. The van der Waals surface area contributed by atoms with Gasteiger partial charge in [-0.2, -0.15) is 9.64 Å². The van der Waals surface area contributed by atoms with Crippen molar-refractivity contribution in [3.05, 3.63) is 46.3 Å². The molecule has 1 aromatic carbocycles. The number of aryl methyl sites for hydroxylation is 1. The molecule has 0 aliphatic carbocycles. The second-order valence-corrected chi connectivity index (χ2v) is 5.86. The molecule has 106 valence electrons. The summed E-state index contributed by atoms with van der Waals surface area (Å²) in [6, 6.07) is 10.0. The highest BCUT2D eigenvalue weighted by Gasteiger charge is 2.18.